The number of aryl methyl sites for hydroxylation is 1. The van der Waals surface area contributed by atoms with Gasteiger partial charge in [0.1, 0.15) is 29.1 Å². The van der Waals surface area contributed by atoms with Crippen LogP contribution in [0.15, 0.2) is 55.0 Å². The SMILES string of the molecule is Cc1nc2cnc3cc(F)c(-c4ccc(Oc5ncccn5)cc4Cl)cc3c2n1C1CCN(S(C)(=O)=O)CC1F. The highest BCUT2D eigenvalue weighted by atomic mass is 35.5. The molecule has 0 N–H and O–H groups in total. The van der Waals surface area contributed by atoms with E-state index in [1.807, 2.05) is 0 Å². The van der Waals surface area contributed by atoms with Crippen molar-refractivity contribution in [3.05, 3.63) is 71.7 Å². The molecule has 1 saturated heterocycles. The molecule has 9 nitrogen and oxygen atoms in total. The molecule has 0 amide bonds. The summed E-state index contributed by atoms with van der Waals surface area (Å²) in [6.45, 7) is 1.70. The van der Waals surface area contributed by atoms with Crippen LogP contribution in [0.5, 0.6) is 11.8 Å². The molecule has 206 valence electrons. The third-order valence-corrected chi connectivity index (χ3v) is 8.62. The van der Waals surface area contributed by atoms with Crippen LogP contribution in [0, 0.1) is 12.7 Å². The Morgan fingerprint density at radius 2 is 1.85 bits per heavy atom. The standard InChI is InChI=1S/C27H23ClF2N6O3S/c1-15-34-24-13-33-23-12-21(29)18(17-5-4-16(10-20(17)28)39-27-31-7-3-8-32-27)11-19(23)26(24)36(15)25-6-9-35(14-22(25)30)40(2,37)38/h3-5,7-8,10-13,22,25H,6,9,14H2,1-2H3. The lowest BCUT2D eigenvalue weighted by Crippen LogP contribution is -2.45. The van der Waals surface area contributed by atoms with Gasteiger partial charge in [-0.1, -0.05) is 11.6 Å². The van der Waals surface area contributed by atoms with Crippen LogP contribution in [0.3, 0.4) is 0 Å². The van der Waals surface area contributed by atoms with E-state index < -0.39 is 28.1 Å². The number of halogens is 3. The Hall–Kier alpha value is -3.74. The van der Waals surface area contributed by atoms with Crippen LogP contribution >= 0.6 is 11.6 Å². The number of nitrogens with zero attached hydrogens (tertiary/aromatic N) is 6. The number of hydrogen-bond acceptors (Lipinski definition) is 7. The molecule has 0 saturated carbocycles. The van der Waals surface area contributed by atoms with Gasteiger partial charge in [0, 0.05) is 54.1 Å². The van der Waals surface area contributed by atoms with Gasteiger partial charge in [0.05, 0.1) is 34.6 Å². The van der Waals surface area contributed by atoms with Crippen LogP contribution < -0.4 is 4.74 Å². The van der Waals surface area contributed by atoms with Gasteiger partial charge in [0.25, 0.3) is 0 Å². The maximum absolute atomic E-state index is 15.5. The second-order valence-corrected chi connectivity index (χ2v) is 12.0. The lowest BCUT2D eigenvalue weighted by molar-refractivity contribution is 0.139. The zero-order valence-electron chi connectivity index (χ0n) is 21.4. The van der Waals surface area contributed by atoms with E-state index in [9.17, 15) is 8.42 Å². The van der Waals surface area contributed by atoms with E-state index in [0.717, 1.165) is 10.6 Å². The molecule has 2 aromatic carbocycles. The Morgan fingerprint density at radius 3 is 2.55 bits per heavy atom. The van der Waals surface area contributed by atoms with Gasteiger partial charge in [-0.2, -0.15) is 4.31 Å². The average molecular weight is 585 g/mol. The number of benzene rings is 2. The molecule has 0 bridgehead atoms. The number of hydrogen-bond donors (Lipinski definition) is 0. The van der Waals surface area contributed by atoms with Gasteiger partial charge >= 0.3 is 6.01 Å². The third kappa shape index (κ3) is 4.76. The van der Waals surface area contributed by atoms with Gasteiger partial charge in [-0.3, -0.25) is 4.98 Å². The van der Waals surface area contributed by atoms with Crippen LogP contribution in [0.1, 0.15) is 18.3 Å². The molecule has 4 heterocycles. The first-order valence-electron chi connectivity index (χ1n) is 12.4. The van der Waals surface area contributed by atoms with Crippen molar-refractivity contribution in [2.45, 2.75) is 25.6 Å². The fraction of sp³-hybridized carbons (Fsp3) is 0.259. The predicted octanol–water partition coefficient (Wildman–Crippen LogP) is 5.48. The highest BCUT2D eigenvalue weighted by molar-refractivity contribution is 7.88. The number of piperidine rings is 1. The lowest BCUT2D eigenvalue weighted by atomic mass is 10.0. The summed E-state index contributed by atoms with van der Waals surface area (Å²) < 4.78 is 63.5. The number of aromatic nitrogens is 5. The Kier molecular flexibility index (Phi) is 6.64. The van der Waals surface area contributed by atoms with Gasteiger partial charge in [-0.05, 0) is 37.6 Å². The fourth-order valence-electron chi connectivity index (χ4n) is 5.20. The minimum atomic E-state index is -3.52. The summed E-state index contributed by atoms with van der Waals surface area (Å²) in [7, 11) is -3.52. The van der Waals surface area contributed by atoms with Crippen molar-refractivity contribution in [1.29, 1.82) is 0 Å². The molecule has 1 fully saturated rings. The van der Waals surface area contributed by atoms with Crippen molar-refractivity contribution in [1.82, 2.24) is 28.8 Å². The lowest BCUT2D eigenvalue weighted by Gasteiger charge is -2.34. The molecule has 0 spiro atoms. The summed E-state index contributed by atoms with van der Waals surface area (Å²) in [6.07, 6.45) is 4.50. The molecule has 0 aliphatic carbocycles. The first-order valence-corrected chi connectivity index (χ1v) is 14.6. The first-order chi connectivity index (χ1) is 19.1. The molecular formula is C27H23ClF2N6O3S. The van der Waals surface area contributed by atoms with Gasteiger partial charge in [-0.25, -0.2) is 32.2 Å². The van der Waals surface area contributed by atoms with Gasteiger partial charge in [-0.15, -0.1) is 0 Å². The Labute approximate surface area is 233 Å². The summed E-state index contributed by atoms with van der Waals surface area (Å²) in [4.78, 5) is 17.0. The van der Waals surface area contributed by atoms with E-state index in [1.165, 1.54) is 12.3 Å². The van der Waals surface area contributed by atoms with Crippen molar-refractivity contribution < 1.29 is 21.9 Å². The number of ether oxygens (including phenoxy) is 1. The molecule has 1 aliphatic rings. The summed E-state index contributed by atoms with van der Waals surface area (Å²) in [6, 6.07) is 8.94. The highest BCUT2D eigenvalue weighted by Crippen LogP contribution is 2.39. The normalized spacial score (nSPS) is 18.4. The van der Waals surface area contributed by atoms with E-state index in [1.54, 1.807) is 54.2 Å². The maximum Gasteiger partial charge on any atom is 0.321 e. The number of rotatable bonds is 5. The van der Waals surface area contributed by atoms with E-state index in [4.69, 9.17) is 16.3 Å². The van der Waals surface area contributed by atoms with Crippen LogP contribution in [0.4, 0.5) is 8.78 Å². The van der Waals surface area contributed by atoms with Crippen LogP contribution in [-0.2, 0) is 10.0 Å². The minimum Gasteiger partial charge on any atom is -0.424 e. The zero-order chi connectivity index (χ0) is 28.2. The summed E-state index contributed by atoms with van der Waals surface area (Å²) in [5.41, 5.74) is 2.14. The smallest absolute Gasteiger partial charge is 0.321 e. The topological polar surface area (TPSA) is 103 Å². The molecule has 1 aliphatic heterocycles. The number of alkyl halides is 1. The fourth-order valence-corrected chi connectivity index (χ4v) is 6.33. The Morgan fingerprint density at radius 1 is 1.07 bits per heavy atom. The number of pyridine rings is 1. The summed E-state index contributed by atoms with van der Waals surface area (Å²) in [5.74, 6) is 0.403. The molecular weight excluding hydrogens is 562 g/mol. The monoisotopic (exact) mass is 584 g/mol. The quantitative estimate of drug-likeness (QED) is 0.269. The van der Waals surface area contributed by atoms with E-state index in [0.29, 0.717) is 39.1 Å². The molecule has 5 aromatic rings. The van der Waals surface area contributed by atoms with Gasteiger partial charge < -0.3 is 9.30 Å². The van der Waals surface area contributed by atoms with Crippen LogP contribution in [-0.4, -0.2) is 62.7 Å². The predicted molar refractivity (Wildman–Crippen MR) is 147 cm³/mol. The second kappa shape index (κ2) is 10.0. The average Bonchev–Trinajstić information content (AvgIpc) is 3.24. The molecule has 2 unspecified atom stereocenters. The maximum atomic E-state index is 15.5. The Balaban J connectivity index is 1.44. The largest absolute Gasteiger partial charge is 0.424 e. The van der Waals surface area contributed by atoms with Crippen molar-refractivity contribution in [2.24, 2.45) is 0 Å². The van der Waals surface area contributed by atoms with E-state index in [2.05, 4.69) is 19.9 Å². The van der Waals surface area contributed by atoms with Gasteiger partial charge in [0.15, 0.2) is 0 Å². The number of fused-ring (bicyclic) bond motifs is 3. The van der Waals surface area contributed by atoms with E-state index in [-0.39, 0.29) is 36.1 Å². The highest BCUT2D eigenvalue weighted by Gasteiger charge is 2.36. The number of imidazole rings is 1. The molecule has 3 aromatic heterocycles. The van der Waals surface area contributed by atoms with Crippen molar-refractivity contribution in [3.8, 4) is 22.9 Å². The van der Waals surface area contributed by atoms with Crippen molar-refractivity contribution >= 4 is 43.6 Å². The van der Waals surface area contributed by atoms with E-state index >= 15 is 8.78 Å². The summed E-state index contributed by atoms with van der Waals surface area (Å²) in [5, 5.41) is 0.815. The van der Waals surface area contributed by atoms with Crippen LogP contribution in [0.25, 0.3) is 33.1 Å². The molecule has 6 rings (SSSR count). The Bertz CT molecular complexity index is 1870. The third-order valence-electron chi connectivity index (χ3n) is 7.03. The zero-order valence-corrected chi connectivity index (χ0v) is 23.0. The van der Waals surface area contributed by atoms with Gasteiger partial charge in [0.2, 0.25) is 10.0 Å². The molecule has 13 heteroatoms. The van der Waals surface area contributed by atoms with Crippen molar-refractivity contribution in [3.63, 3.8) is 0 Å². The van der Waals surface area contributed by atoms with Crippen molar-refractivity contribution in [2.75, 3.05) is 19.3 Å². The first kappa shape index (κ1) is 26.5. The molecule has 0 radical (unpaired) electrons. The second-order valence-electron chi connectivity index (χ2n) is 9.64. The van der Waals surface area contributed by atoms with Crippen LogP contribution in [0.2, 0.25) is 5.02 Å². The molecule has 2 atom stereocenters. The summed E-state index contributed by atoms with van der Waals surface area (Å²) >= 11 is 6.57. The molecule has 40 heavy (non-hydrogen) atoms. The minimum absolute atomic E-state index is 0.147. The number of sulfonamides is 1.